The van der Waals surface area contributed by atoms with E-state index in [1.54, 1.807) is 0 Å². The molecule has 2 N–H and O–H groups in total. The number of aliphatic hydroxyl groups excluding tert-OH is 1. The molecule has 0 amide bonds. The molecular weight excluding hydrogens is 408 g/mol. The van der Waals surface area contributed by atoms with Crippen molar-refractivity contribution in [3.63, 3.8) is 0 Å². The molecule has 0 aliphatic rings. The molecule has 0 saturated heterocycles. The van der Waals surface area contributed by atoms with Gasteiger partial charge in [0.05, 0.1) is 10.5 Å². The van der Waals surface area contributed by atoms with Gasteiger partial charge in [-0.05, 0) is 18.2 Å². The van der Waals surface area contributed by atoms with Crippen LogP contribution >= 0.6 is 15.9 Å². The Morgan fingerprint density at radius 3 is 2.18 bits per heavy atom. The monoisotopic (exact) mass is 415 g/mol. The van der Waals surface area contributed by atoms with Gasteiger partial charge in [0.1, 0.15) is 0 Å². The van der Waals surface area contributed by atoms with Crippen LogP contribution < -0.4 is 4.72 Å². The van der Waals surface area contributed by atoms with E-state index in [1.807, 2.05) is 0 Å². The number of sulfonamides is 1. The summed E-state index contributed by atoms with van der Waals surface area (Å²) >= 11 is 2.78. The summed E-state index contributed by atoms with van der Waals surface area (Å²) in [5, 5.41) is 8.70. The Bertz CT molecular complexity index is 643. The molecule has 0 aliphatic heterocycles. The molecule has 12 heteroatoms. The maximum Gasteiger partial charge on any atom is 0.417 e. The number of aliphatic hydroxyl groups is 1. The van der Waals surface area contributed by atoms with Gasteiger partial charge >= 0.3 is 12.4 Å². The van der Waals surface area contributed by atoms with Gasteiger partial charge in [-0.3, -0.25) is 0 Å². The second-order valence-electron chi connectivity index (χ2n) is 4.05. The topological polar surface area (TPSA) is 66.4 Å². The van der Waals surface area contributed by atoms with Crippen LogP contribution in [0.1, 0.15) is 5.56 Å². The van der Waals surface area contributed by atoms with Crippen LogP contribution in [0.15, 0.2) is 27.6 Å². The van der Waals surface area contributed by atoms with Gasteiger partial charge in [-0.1, -0.05) is 15.9 Å². The fourth-order valence-corrected chi connectivity index (χ4v) is 3.14. The van der Waals surface area contributed by atoms with Crippen LogP contribution in [0.3, 0.4) is 0 Å². The minimum absolute atomic E-state index is 0.0164. The first-order valence-corrected chi connectivity index (χ1v) is 7.64. The first kappa shape index (κ1) is 19.2. The van der Waals surface area contributed by atoms with Crippen molar-refractivity contribution in [3.8, 4) is 0 Å². The molecule has 1 rings (SSSR count). The Morgan fingerprint density at radius 2 is 1.73 bits per heavy atom. The minimum Gasteiger partial charge on any atom is -0.382 e. The van der Waals surface area contributed by atoms with Gasteiger partial charge in [-0.2, -0.15) is 26.3 Å². The third-order valence-corrected chi connectivity index (χ3v) is 4.34. The molecule has 0 aromatic heterocycles. The van der Waals surface area contributed by atoms with Crippen molar-refractivity contribution in [2.45, 2.75) is 23.4 Å². The minimum atomic E-state index is -5.10. The van der Waals surface area contributed by atoms with Crippen molar-refractivity contribution in [1.29, 1.82) is 0 Å². The Morgan fingerprint density at radius 1 is 1.18 bits per heavy atom. The van der Waals surface area contributed by atoms with Crippen molar-refractivity contribution in [2.75, 3.05) is 6.54 Å². The van der Waals surface area contributed by atoms with Crippen molar-refractivity contribution in [3.05, 3.63) is 28.2 Å². The molecule has 1 unspecified atom stereocenters. The van der Waals surface area contributed by atoms with Crippen LogP contribution in [0.2, 0.25) is 0 Å². The van der Waals surface area contributed by atoms with Gasteiger partial charge in [-0.15, -0.1) is 0 Å². The summed E-state index contributed by atoms with van der Waals surface area (Å²) in [6, 6.07) is 2.01. The SMILES string of the molecule is O=S(=O)(NCC(O)C(F)(F)F)c1cc(Br)ccc1C(F)(F)F. The molecular formula is C10H8BrF6NO3S. The number of rotatable bonds is 4. The second-order valence-corrected chi connectivity index (χ2v) is 6.70. The lowest BCUT2D eigenvalue weighted by molar-refractivity contribution is -0.200. The molecule has 4 nitrogen and oxygen atoms in total. The van der Waals surface area contributed by atoms with Crippen LogP contribution in [-0.2, 0) is 16.2 Å². The summed E-state index contributed by atoms with van der Waals surface area (Å²) in [5.74, 6) is 0. The van der Waals surface area contributed by atoms with E-state index < -0.39 is 45.5 Å². The third-order valence-electron chi connectivity index (χ3n) is 2.38. The predicted octanol–water partition coefficient (Wildman–Crippen LogP) is 2.67. The normalized spacial score (nSPS) is 14.9. The summed E-state index contributed by atoms with van der Waals surface area (Å²) < 4.78 is 99.4. The van der Waals surface area contributed by atoms with Gasteiger partial charge in [0, 0.05) is 11.0 Å². The lowest BCUT2D eigenvalue weighted by Crippen LogP contribution is -2.41. The Hall–Kier alpha value is -0.850. The molecule has 0 spiro atoms. The first-order chi connectivity index (χ1) is 9.75. The standard InChI is InChI=1S/C10H8BrF6NO3S/c11-5-1-2-6(9(12,13)14)7(3-5)22(20,21)18-4-8(19)10(15,16)17/h1-3,8,18-19H,4H2. The molecule has 0 bridgehead atoms. The Balaban J connectivity index is 3.16. The van der Waals surface area contributed by atoms with Crippen LogP contribution in [0.5, 0.6) is 0 Å². The summed E-state index contributed by atoms with van der Waals surface area (Å²) in [6.45, 7) is -1.50. The Labute approximate surface area is 129 Å². The molecule has 0 aliphatic carbocycles. The fraction of sp³-hybridized carbons (Fsp3) is 0.400. The van der Waals surface area contributed by atoms with Crippen LogP contribution in [-0.4, -0.2) is 32.3 Å². The zero-order chi connectivity index (χ0) is 17.3. The average Bonchev–Trinajstić information content (AvgIpc) is 2.33. The van der Waals surface area contributed by atoms with E-state index in [0.29, 0.717) is 12.1 Å². The highest BCUT2D eigenvalue weighted by Gasteiger charge is 2.40. The van der Waals surface area contributed by atoms with E-state index in [0.717, 1.165) is 6.07 Å². The van der Waals surface area contributed by atoms with Crippen LogP contribution in [0, 0.1) is 0 Å². The van der Waals surface area contributed by atoms with E-state index in [-0.39, 0.29) is 4.47 Å². The molecule has 0 heterocycles. The number of hydrogen-bond acceptors (Lipinski definition) is 3. The summed E-state index contributed by atoms with van der Waals surface area (Å²) in [7, 11) is -4.91. The summed E-state index contributed by atoms with van der Waals surface area (Å²) in [6.07, 6.45) is -13.2. The zero-order valence-electron chi connectivity index (χ0n) is 10.3. The van der Waals surface area contributed by atoms with Crippen LogP contribution in [0.4, 0.5) is 26.3 Å². The molecule has 0 fully saturated rings. The number of halogens is 7. The van der Waals surface area contributed by atoms with Gasteiger partial charge < -0.3 is 5.11 Å². The zero-order valence-corrected chi connectivity index (χ0v) is 12.7. The molecule has 0 radical (unpaired) electrons. The van der Waals surface area contributed by atoms with Crippen molar-refractivity contribution < 1.29 is 39.9 Å². The van der Waals surface area contributed by atoms with Gasteiger partial charge in [0.15, 0.2) is 6.10 Å². The first-order valence-electron chi connectivity index (χ1n) is 5.36. The van der Waals surface area contributed by atoms with Crippen molar-refractivity contribution in [2.24, 2.45) is 0 Å². The maximum absolute atomic E-state index is 12.8. The predicted molar refractivity (Wildman–Crippen MR) is 66.4 cm³/mol. The molecule has 0 saturated carbocycles. The lowest BCUT2D eigenvalue weighted by atomic mass is 10.2. The van der Waals surface area contributed by atoms with Gasteiger partial charge in [-0.25, -0.2) is 13.1 Å². The highest BCUT2D eigenvalue weighted by Crippen LogP contribution is 2.35. The lowest BCUT2D eigenvalue weighted by Gasteiger charge is -2.17. The van der Waals surface area contributed by atoms with E-state index in [9.17, 15) is 34.8 Å². The summed E-state index contributed by atoms with van der Waals surface area (Å²) in [5.41, 5.74) is -1.54. The highest BCUT2D eigenvalue weighted by molar-refractivity contribution is 9.10. The second kappa shape index (κ2) is 6.34. The van der Waals surface area contributed by atoms with Gasteiger partial charge in [0.2, 0.25) is 10.0 Å². The molecule has 1 aromatic carbocycles. The van der Waals surface area contributed by atoms with E-state index in [2.05, 4.69) is 15.9 Å². The molecule has 1 aromatic rings. The largest absolute Gasteiger partial charge is 0.417 e. The van der Waals surface area contributed by atoms with Crippen LogP contribution in [0.25, 0.3) is 0 Å². The summed E-state index contributed by atoms with van der Waals surface area (Å²) in [4.78, 5) is -1.25. The van der Waals surface area contributed by atoms with Crippen molar-refractivity contribution in [1.82, 2.24) is 4.72 Å². The molecule has 1 atom stereocenters. The van der Waals surface area contributed by atoms with E-state index in [1.165, 1.54) is 4.72 Å². The number of nitrogens with one attached hydrogen (secondary N) is 1. The maximum atomic E-state index is 12.8. The number of benzene rings is 1. The highest BCUT2D eigenvalue weighted by atomic mass is 79.9. The fourth-order valence-electron chi connectivity index (χ4n) is 1.33. The van der Waals surface area contributed by atoms with E-state index >= 15 is 0 Å². The number of hydrogen-bond donors (Lipinski definition) is 2. The number of alkyl halides is 6. The van der Waals surface area contributed by atoms with E-state index in [4.69, 9.17) is 5.11 Å². The molecule has 126 valence electrons. The molecule has 22 heavy (non-hydrogen) atoms. The third kappa shape index (κ3) is 4.83. The van der Waals surface area contributed by atoms with Crippen molar-refractivity contribution >= 4 is 26.0 Å². The Kier molecular flexibility index (Phi) is 5.53. The van der Waals surface area contributed by atoms with Gasteiger partial charge in [0.25, 0.3) is 0 Å². The smallest absolute Gasteiger partial charge is 0.382 e. The average molecular weight is 416 g/mol. The quantitative estimate of drug-likeness (QED) is 0.743.